The number of benzene rings is 1. The van der Waals surface area contributed by atoms with Crippen molar-refractivity contribution in [2.75, 3.05) is 42.2 Å². The third kappa shape index (κ3) is 4.44. The third-order valence-electron chi connectivity index (χ3n) is 6.30. The van der Waals surface area contributed by atoms with E-state index in [1.807, 2.05) is 6.26 Å². The summed E-state index contributed by atoms with van der Waals surface area (Å²) in [4.78, 5) is 38.3. The summed E-state index contributed by atoms with van der Waals surface area (Å²) in [6.07, 6.45) is 6.20. The zero-order chi connectivity index (χ0) is 23.7. The number of aromatic nitrogens is 4. The second kappa shape index (κ2) is 9.57. The Morgan fingerprint density at radius 2 is 1.97 bits per heavy atom. The van der Waals surface area contributed by atoms with Gasteiger partial charge in [0.15, 0.2) is 10.8 Å². The van der Waals surface area contributed by atoms with Gasteiger partial charge in [0, 0.05) is 38.3 Å². The number of carbonyl (C=O) groups excluding carboxylic acids is 2. The molecule has 0 saturated carbocycles. The van der Waals surface area contributed by atoms with Gasteiger partial charge in [-0.15, -0.1) is 0 Å². The molecule has 4 heterocycles. The molecule has 2 saturated heterocycles. The topological polar surface area (TPSA) is 96.2 Å². The van der Waals surface area contributed by atoms with E-state index in [-0.39, 0.29) is 30.6 Å². The number of rotatable bonds is 7. The van der Waals surface area contributed by atoms with E-state index in [0.29, 0.717) is 23.9 Å². The number of hydrogen-bond acceptors (Lipinski definition) is 7. The van der Waals surface area contributed by atoms with Gasteiger partial charge in [-0.1, -0.05) is 11.8 Å². The predicted molar refractivity (Wildman–Crippen MR) is 128 cm³/mol. The van der Waals surface area contributed by atoms with Crippen LogP contribution in [0.3, 0.4) is 0 Å². The molecule has 2 amide bonds. The largest absolute Gasteiger partial charge is 0.356 e. The molecule has 178 valence electrons. The molecule has 9 nitrogen and oxygen atoms in total. The summed E-state index contributed by atoms with van der Waals surface area (Å²) in [6, 6.07) is 5.73. The van der Waals surface area contributed by atoms with Crippen molar-refractivity contribution in [1.29, 1.82) is 0 Å². The van der Waals surface area contributed by atoms with E-state index < -0.39 is 5.92 Å². The summed E-state index contributed by atoms with van der Waals surface area (Å²) in [6.45, 7) is 3.08. The Bertz CT molecular complexity index is 1210. The quantitative estimate of drug-likeness (QED) is 0.407. The minimum atomic E-state index is -0.445. The molecule has 0 bridgehead atoms. The van der Waals surface area contributed by atoms with E-state index in [1.165, 1.54) is 28.8 Å². The number of nitrogens with one attached hydrogen (secondary N) is 1. The first kappa shape index (κ1) is 22.6. The van der Waals surface area contributed by atoms with Gasteiger partial charge in [0.25, 0.3) is 0 Å². The van der Waals surface area contributed by atoms with Gasteiger partial charge in [0.05, 0.1) is 24.0 Å². The van der Waals surface area contributed by atoms with Crippen molar-refractivity contribution in [3.63, 3.8) is 0 Å². The number of carbonyl (C=O) groups is 2. The highest BCUT2D eigenvalue weighted by Gasteiger charge is 2.35. The van der Waals surface area contributed by atoms with Gasteiger partial charge in [0.1, 0.15) is 11.6 Å². The Morgan fingerprint density at radius 1 is 1.21 bits per heavy atom. The Morgan fingerprint density at radius 3 is 2.71 bits per heavy atom. The van der Waals surface area contributed by atoms with E-state index >= 15 is 0 Å². The summed E-state index contributed by atoms with van der Waals surface area (Å²) in [5, 5.41) is 9.05. The first-order valence-electron chi connectivity index (χ1n) is 11.4. The molecular formula is C23H26FN7O2S. The molecule has 2 aliphatic heterocycles. The molecule has 2 fully saturated rings. The fourth-order valence-electron chi connectivity index (χ4n) is 4.53. The first-order valence-corrected chi connectivity index (χ1v) is 12.6. The molecule has 1 unspecified atom stereocenters. The smallest absolute Gasteiger partial charge is 0.227 e. The first-order chi connectivity index (χ1) is 16.5. The molecule has 1 N–H and O–H groups in total. The minimum Gasteiger partial charge on any atom is -0.356 e. The molecule has 0 radical (unpaired) electrons. The number of fused-ring (bicyclic) bond motifs is 1. The van der Waals surface area contributed by atoms with Crippen molar-refractivity contribution >= 4 is 46.1 Å². The van der Waals surface area contributed by atoms with E-state index in [9.17, 15) is 14.0 Å². The normalized spacial score (nSPS) is 18.3. The fourth-order valence-corrected chi connectivity index (χ4v) is 4.88. The predicted octanol–water partition coefficient (Wildman–Crippen LogP) is 2.46. The van der Waals surface area contributed by atoms with Crippen LogP contribution in [-0.2, 0) is 16.1 Å². The molecule has 3 aromatic rings. The number of halogens is 1. The zero-order valence-corrected chi connectivity index (χ0v) is 19.7. The van der Waals surface area contributed by atoms with Crippen molar-refractivity contribution in [1.82, 2.24) is 25.1 Å². The van der Waals surface area contributed by atoms with Crippen LogP contribution in [0.15, 0.2) is 35.6 Å². The van der Waals surface area contributed by atoms with Crippen molar-refractivity contribution in [2.45, 2.75) is 31.0 Å². The maximum atomic E-state index is 13.2. The van der Waals surface area contributed by atoms with Crippen LogP contribution < -0.4 is 15.1 Å². The molecule has 2 aliphatic rings. The molecule has 1 atom stereocenters. The van der Waals surface area contributed by atoms with Crippen LogP contribution in [-0.4, -0.2) is 64.0 Å². The Kier molecular flexibility index (Phi) is 6.36. The molecule has 0 spiro atoms. The molecule has 34 heavy (non-hydrogen) atoms. The monoisotopic (exact) mass is 483 g/mol. The van der Waals surface area contributed by atoms with Gasteiger partial charge in [-0.3, -0.25) is 9.59 Å². The maximum Gasteiger partial charge on any atom is 0.227 e. The highest BCUT2D eigenvalue weighted by Crippen LogP contribution is 2.29. The fraction of sp³-hybridized carbons (Fsp3) is 0.435. The number of nitrogens with zero attached hydrogens (tertiary/aromatic N) is 6. The SMILES string of the molecule is CSc1nc(N2CCCC2)c2cnn(CCNC(=O)C3CC(=O)N(c4ccc(F)cc4)C3)c2n1. The molecule has 2 aromatic heterocycles. The average molecular weight is 484 g/mol. The lowest BCUT2D eigenvalue weighted by atomic mass is 10.1. The van der Waals surface area contributed by atoms with Gasteiger partial charge >= 0.3 is 0 Å². The lowest BCUT2D eigenvalue weighted by molar-refractivity contribution is -0.126. The van der Waals surface area contributed by atoms with Gasteiger partial charge < -0.3 is 15.1 Å². The van der Waals surface area contributed by atoms with Crippen LogP contribution >= 0.6 is 11.8 Å². The number of hydrogen-bond donors (Lipinski definition) is 1. The van der Waals surface area contributed by atoms with Crippen LogP contribution in [0.4, 0.5) is 15.9 Å². The Hall–Kier alpha value is -3.21. The van der Waals surface area contributed by atoms with Gasteiger partial charge in [-0.25, -0.2) is 19.0 Å². The van der Waals surface area contributed by atoms with E-state index in [1.54, 1.807) is 23.0 Å². The Balaban J connectivity index is 1.23. The summed E-state index contributed by atoms with van der Waals surface area (Å²) < 4.78 is 15.0. The number of anilines is 2. The lowest BCUT2D eigenvalue weighted by Crippen LogP contribution is -2.35. The molecule has 11 heteroatoms. The van der Waals surface area contributed by atoms with Crippen LogP contribution in [0.5, 0.6) is 0 Å². The second-order valence-electron chi connectivity index (χ2n) is 8.51. The summed E-state index contributed by atoms with van der Waals surface area (Å²) >= 11 is 1.50. The van der Waals surface area contributed by atoms with Crippen LogP contribution in [0.1, 0.15) is 19.3 Å². The minimum absolute atomic E-state index is 0.136. The molecule has 1 aromatic carbocycles. The van der Waals surface area contributed by atoms with Crippen LogP contribution in [0.2, 0.25) is 0 Å². The van der Waals surface area contributed by atoms with E-state index in [4.69, 9.17) is 4.98 Å². The molecule has 0 aliphatic carbocycles. The van der Waals surface area contributed by atoms with Crippen LogP contribution in [0.25, 0.3) is 11.0 Å². The van der Waals surface area contributed by atoms with Crippen molar-refractivity contribution in [2.24, 2.45) is 5.92 Å². The second-order valence-corrected chi connectivity index (χ2v) is 9.28. The maximum absolute atomic E-state index is 13.2. The Labute approximate surface area is 200 Å². The highest BCUT2D eigenvalue weighted by molar-refractivity contribution is 7.98. The molecule has 5 rings (SSSR count). The summed E-state index contributed by atoms with van der Waals surface area (Å²) in [5.41, 5.74) is 1.36. The average Bonchev–Trinajstić information content (AvgIpc) is 3.59. The highest BCUT2D eigenvalue weighted by atomic mass is 32.2. The van der Waals surface area contributed by atoms with Gasteiger partial charge in [-0.2, -0.15) is 5.10 Å². The third-order valence-corrected chi connectivity index (χ3v) is 6.85. The standard InChI is InChI=1S/C23H26FN7O2S/c1-34-23-27-20(29-9-2-3-10-29)18-13-26-31(21(18)28-23)11-8-25-22(33)15-12-19(32)30(14-15)17-6-4-16(24)5-7-17/h4-7,13,15H,2-3,8-12,14H2,1H3,(H,25,33). The lowest BCUT2D eigenvalue weighted by Gasteiger charge is -2.17. The van der Waals surface area contributed by atoms with Crippen molar-refractivity contribution < 1.29 is 14.0 Å². The van der Waals surface area contributed by atoms with Gasteiger partial charge in [-0.05, 0) is 43.4 Å². The summed E-state index contributed by atoms with van der Waals surface area (Å²) in [5.74, 6) is -0.197. The zero-order valence-electron chi connectivity index (χ0n) is 18.9. The number of amides is 2. The van der Waals surface area contributed by atoms with Crippen molar-refractivity contribution in [3.8, 4) is 0 Å². The van der Waals surface area contributed by atoms with E-state index in [0.717, 1.165) is 42.8 Å². The van der Waals surface area contributed by atoms with E-state index in [2.05, 4.69) is 20.3 Å². The number of thioether (sulfide) groups is 1. The molecular weight excluding hydrogens is 457 g/mol. The van der Waals surface area contributed by atoms with Crippen LogP contribution in [0, 0.1) is 11.7 Å². The van der Waals surface area contributed by atoms with Gasteiger partial charge in [0.2, 0.25) is 11.8 Å². The summed E-state index contributed by atoms with van der Waals surface area (Å²) in [7, 11) is 0. The van der Waals surface area contributed by atoms with Crippen molar-refractivity contribution in [3.05, 3.63) is 36.3 Å².